The lowest BCUT2D eigenvalue weighted by molar-refractivity contribution is 0.0996. The minimum Gasteiger partial charge on any atom is -0.497 e. The molecule has 0 saturated heterocycles. The molecule has 0 bridgehead atoms. The zero-order chi connectivity index (χ0) is 15.3. The molecule has 1 aliphatic heterocycles. The average Bonchev–Trinajstić information content (AvgIpc) is 3.05. The van der Waals surface area contributed by atoms with Crippen LogP contribution in [0, 0.1) is 6.92 Å². The van der Waals surface area contributed by atoms with Gasteiger partial charge >= 0.3 is 0 Å². The Hall–Kier alpha value is -2.75. The van der Waals surface area contributed by atoms with E-state index in [2.05, 4.69) is 11.1 Å². The Morgan fingerprint density at radius 2 is 2.00 bits per heavy atom. The molecule has 1 aliphatic rings. The van der Waals surface area contributed by atoms with Crippen molar-refractivity contribution in [2.45, 2.75) is 13.5 Å². The van der Waals surface area contributed by atoms with Crippen LogP contribution >= 0.6 is 0 Å². The van der Waals surface area contributed by atoms with E-state index in [0.29, 0.717) is 12.3 Å². The maximum Gasteiger partial charge on any atom is 0.259 e. The van der Waals surface area contributed by atoms with Crippen LogP contribution in [-0.2, 0) is 6.54 Å². The largest absolute Gasteiger partial charge is 0.497 e. The zero-order valence-electron chi connectivity index (χ0n) is 12.5. The number of benzene rings is 2. The number of aromatic amines is 1. The fourth-order valence-electron chi connectivity index (χ4n) is 3.04. The van der Waals surface area contributed by atoms with Crippen molar-refractivity contribution in [2.75, 3.05) is 12.0 Å². The standard InChI is InChI=1S/C18H16N2O2/c1-11-7-12-3-5-14(8-17(12)19-11)20-10-13-4-6-15(22-2)9-16(13)18(20)21/h3-9,19H,10H2,1-2H3. The summed E-state index contributed by atoms with van der Waals surface area (Å²) in [6.45, 7) is 2.63. The molecule has 0 unspecified atom stereocenters. The molecular formula is C18H16N2O2. The van der Waals surface area contributed by atoms with Gasteiger partial charge in [0, 0.05) is 22.5 Å². The topological polar surface area (TPSA) is 45.3 Å². The predicted octanol–water partition coefficient (Wildman–Crippen LogP) is 3.65. The van der Waals surface area contributed by atoms with Gasteiger partial charge in [0.2, 0.25) is 0 Å². The molecule has 110 valence electrons. The lowest BCUT2D eigenvalue weighted by Crippen LogP contribution is -2.22. The van der Waals surface area contributed by atoms with Crippen LogP contribution in [0.2, 0.25) is 0 Å². The van der Waals surface area contributed by atoms with Gasteiger partial charge in [-0.3, -0.25) is 4.79 Å². The van der Waals surface area contributed by atoms with Crippen LogP contribution in [0.3, 0.4) is 0 Å². The number of hydrogen-bond acceptors (Lipinski definition) is 2. The normalized spacial score (nSPS) is 13.7. The summed E-state index contributed by atoms with van der Waals surface area (Å²) >= 11 is 0. The van der Waals surface area contributed by atoms with Gasteiger partial charge in [-0.1, -0.05) is 12.1 Å². The number of rotatable bonds is 2. The Morgan fingerprint density at radius 1 is 1.14 bits per heavy atom. The number of aryl methyl sites for hydroxylation is 1. The number of fused-ring (bicyclic) bond motifs is 2. The quantitative estimate of drug-likeness (QED) is 0.783. The van der Waals surface area contributed by atoms with E-state index in [4.69, 9.17) is 4.74 Å². The highest BCUT2D eigenvalue weighted by atomic mass is 16.5. The smallest absolute Gasteiger partial charge is 0.259 e. The van der Waals surface area contributed by atoms with Gasteiger partial charge in [0.25, 0.3) is 5.91 Å². The molecule has 4 nitrogen and oxygen atoms in total. The highest BCUT2D eigenvalue weighted by molar-refractivity contribution is 6.10. The van der Waals surface area contributed by atoms with Crippen LogP contribution in [0.1, 0.15) is 21.6 Å². The van der Waals surface area contributed by atoms with E-state index in [9.17, 15) is 4.79 Å². The fourth-order valence-corrected chi connectivity index (χ4v) is 3.04. The maximum absolute atomic E-state index is 12.7. The van der Waals surface area contributed by atoms with E-state index in [1.807, 2.05) is 43.3 Å². The molecular weight excluding hydrogens is 276 g/mol. The molecule has 0 saturated carbocycles. The Bertz CT molecular complexity index is 895. The molecule has 1 N–H and O–H groups in total. The van der Waals surface area contributed by atoms with Gasteiger partial charge in [0.05, 0.1) is 13.7 Å². The van der Waals surface area contributed by atoms with E-state index < -0.39 is 0 Å². The van der Waals surface area contributed by atoms with Crippen molar-refractivity contribution in [2.24, 2.45) is 0 Å². The number of aromatic nitrogens is 1. The monoisotopic (exact) mass is 292 g/mol. The Labute approximate surface area is 128 Å². The molecule has 3 aromatic rings. The van der Waals surface area contributed by atoms with E-state index in [1.165, 1.54) is 0 Å². The maximum atomic E-state index is 12.7. The van der Waals surface area contributed by atoms with Crippen molar-refractivity contribution >= 4 is 22.5 Å². The number of ether oxygens (including phenoxy) is 1. The number of hydrogen-bond donors (Lipinski definition) is 1. The van der Waals surface area contributed by atoms with Crippen LogP contribution in [0.5, 0.6) is 5.75 Å². The van der Waals surface area contributed by atoms with Gasteiger partial charge in [-0.25, -0.2) is 0 Å². The number of amides is 1. The molecule has 2 heterocycles. The Kier molecular flexibility index (Phi) is 2.73. The molecule has 4 rings (SSSR count). The molecule has 1 amide bonds. The minimum absolute atomic E-state index is 0.0246. The average molecular weight is 292 g/mol. The molecule has 0 spiro atoms. The highest BCUT2D eigenvalue weighted by Crippen LogP contribution is 2.32. The van der Waals surface area contributed by atoms with E-state index >= 15 is 0 Å². The fraction of sp³-hybridized carbons (Fsp3) is 0.167. The molecule has 0 fully saturated rings. The second kappa shape index (κ2) is 4.63. The molecule has 22 heavy (non-hydrogen) atoms. The van der Waals surface area contributed by atoms with Gasteiger partial charge in [-0.05, 0) is 48.2 Å². The van der Waals surface area contributed by atoms with E-state index in [-0.39, 0.29) is 5.91 Å². The first kappa shape index (κ1) is 13.0. The van der Waals surface area contributed by atoms with Crippen molar-refractivity contribution in [3.8, 4) is 5.75 Å². The lowest BCUT2D eigenvalue weighted by Gasteiger charge is -2.15. The molecule has 2 aromatic carbocycles. The summed E-state index contributed by atoms with van der Waals surface area (Å²) in [5, 5.41) is 1.16. The third-order valence-electron chi connectivity index (χ3n) is 4.17. The van der Waals surface area contributed by atoms with Gasteiger partial charge < -0.3 is 14.6 Å². The second-order valence-electron chi connectivity index (χ2n) is 5.64. The lowest BCUT2D eigenvalue weighted by atomic mass is 10.1. The number of carbonyl (C=O) groups is 1. The molecule has 0 atom stereocenters. The SMILES string of the molecule is COc1ccc2c(c1)C(=O)N(c1ccc3cc(C)[nH]c3c1)C2. The van der Waals surface area contributed by atoms with Crippen molar-refractivity contribution in [3.63, 3.8) is 0 Å². The number of nitrogens with zero attached hydrogens (tertiary/aromatic N) is 1. The summed E-state index contributed by atoms with van der Waals surface area (Å²) in [7, 11) is 1.61. The summed E-state index contributed by atoms with van der Waals surface area (Å²) in [6, 6.07) is 13.8. The zero-order valence-corrected chi connectivity index (χ0v) is 12.5. The van der Waals surface area contributed by atoms with Gasteiger partial charge in [-0.15, -0.1) is 0 Å². The Morgan fingerprint density at radius 3 is 2.82 bits per heavy atom. The Balaban J connectivity index is 1.75. The first-order chi connectivity index (χ1) is 10.7. The van der Waals surface area contributed by atoms with Gasteiger partial charge in [0.15, 0.2) is 0 Å². The molecule has 0 radical (unpaired) electrons. The number of methoxy groups -OCH3 is 1. The van der Waals surface area contributed by atoms with Crippen LogP contribution in [0.25, 0.3) is 10.9 Å². The van der Waals surface area contributed by atoms with Gasteiger partial charge in [-0.2, -0.15) is 0 Å². The first-order valence-corrected chi connectivity index (χ1v) is 7.24. The van der Waals surface area contributed by atoms with E-state index in [0.717, 1.165) is 33.4 Å². The van der Waals surface area contributed by atoms with Crippen molar-refractivity contribution < 1.29 is 9.53 Å². The highest BCUT2D eigenvalue weighted by Gasteiger charge is 2.29. The first-order valence-electron chi connectivity index (χ1n) is 7.24. The third-order valence-corrected chi connectivity index (χ3v) is 4.17. The third kappa shape index (κ3) is 1.88. The summed E-state index contributed by atoms with van der Waals surface area (Å²) < 4.78 is 5.21. The molecule has 1 aromatic heterocycles. The van der Waals surface area contributed by atoms with Gasteiger partial charge in [0.1, 0.15) is 5.75 Å². The number of H-pyrrole nitrogens is 1. The molecule has 4 heteroatoms. The minimum atomic E-state index is 0.0246. The number of anilines is 1. The summed E-state index contributed by atoms with van der Waals surface area (Å²) in [4.78, 5) is 17.8. The summed E-state index contributed by atoms with van der Waals surface area (Å²) in [6.07, 6.45) is 0. The van der Waals surface area contributed by atoms with E-state index in [1.54, 1.807) is 12.0 Å². The van der Waals surface area contributed by atoms with Crippen molar-refractivity contribution in [3.05, 3.63) is 59.3 Å². The van der Waals surface area contributed by atoms with Crippen molar-refractivity contribution in [1.82, 2.24) is 4.98 Å². The molecule has 0 aliphatic carbocycles. The number of carbonyl (C=O) groups excluding carboxylic acids is 1. The van der Waals surface area contributed by atoms with Crippen LogP contribution < -0.4 is 9.64 Å². The summed E-state index contributed by atoms with van der Waals surface area (Å²) in [5.74, 6) is 0.737. The predicted molar refractivity (Wildman–Crippen MR) is 86.5 cm³/mol. The van der Waals surface area contributed by atoms with Crippen LogP contribution in [0.15, 0.2) is 42.5 Å². The summed E-state index contributed by atoms with van der Waals surface area (Å²) in [5.41, 5.74) is 4.84. The van der Waals surface area contributed by atoms with Crippen LogP contribution in [-0.4, -0.2) is 18.0 Å². The van der Waals surface area contributed by atoms with Crippen molar-refractivity contribution in [1.29, 1.82) is 0 Å². The number of nitrogens with one attached hydrogen (secondary N) is 1. The van der Waals surface area contributed by atoms with Crippen LogP contribution in [0.4, 0.5) is 5.69 Å². The second-order valence-corrected chi connectivity index (χ2v) is 5.64.